The lowest BCUT2D eigenvalue weighted by molar-refractivity contribution is -0.123. The number of halogens is 3. The van der Waals surface area contributed by atoms with E-state index in [-0.39, 0.29) is 34.9 Å². The summed E-state index contributed by atoms with van der Waals surface area (Å²) in [5.41, 5.74) is 2.76. The van der Waals surface area contributed by atoms with Gasteiger partial charge in [0, 0.05) is 15.6 Å². The van der Waals surface area contributed by atoms with Crippen LogP contribution < -0.4 is 4.74 Å². The predicted molar refractivity (Wildman–Crippen MR) is 133 cm³/mol. The van der Waals surface area contributed by atoms with Crippen LogP contribution in [0.3, 0.4) is 0 Å². The molecule has 0 aliphatic carbocycles. The van der Waals surface area contributed by atoms with Crippen molar-refractivity contribution in [2.24, 2.45) is 0 Å². The number of carbonyl (C=O) groups is 2. The van der Waals surface area contributed by atoms with Gasteiger partial charge in [0.15, 0.2) is 0 Å². The normalized spacial score (nSPS) is 14.9. The molecule has 0 saturated carbocycles. The second-order valence-corrected chi connectivity index (χ2v) is 9.74. The number of ether oxygens (including phenoxy) is 1. The Morgan fingerprint density at radius 1 is 1.12 bits per heavy atom. The SMILES string of the molecule is Cc1cccc(CN2C(=O)S/C(=C\c3cc(Br)ccc3OCc3c(F)cccc3Cl)C2=O)c1. The molecule has 0 unspecified atom stereocenters. The highest BCUT2D eigenvalue weighted by atomic mass is 79.9. The number of hydrogen-bond donors (Lipinski definition) is 0. The molecule has 1 fully saturated rings. The summed E-state index contributed by atoms with van der Waals surface area (Å²) in [6.07, 6.45) is 1.62. The molecule has 1 saturated heterocycles. The van der Waals surface area contributed by atoms with Crippen LogP contribution in [0.25, 0.3) is 6.08 Å². The van der Waals surface area contributed by atoms with Crippen molar-refractivity contribution in [2.75, 3.05) is 0 Å². The van der Waals surface area contributed by atoms with Crippen LogP contribution in [0.5, 0.6) is 5.75 Å². The Labute approximate surface area is 208 Å². The van der Waals surface area contributed by atoms with Gasteiger partial charge in [-0.2, -0.15) is 0 Å². The van der Waals surface area contributed by atoms with Crippen LogP contribution in [0.2, 0.25) is 5.02 Å². The van der Waals surface area contributed by atoms with Gasteiger partial charge in [-0.1, -0.05) is 63.4 Å². The number of carbonyl (C=O) groups excluding carboxylic acids is 2. The molecule has 1 aliphatic rings. The first kappa shape index (κ1) is 23.5. The van der Waals surface area contributed by atoms with Gasteiger partial charge in [0.2, 0.25) is 0 Å². The highest BCUT2D eigenvalue weighted by molar-refractivity contribution is 9.10. The Morgan fingerprint density at radius 3 is 2.67 bits per heavy atom. The summed E-state index contributed by atoms with van der Waals surface area (Å²) in [6.45, 7) is 2.08. The second-order valence-electron chi connectivity index (χ2n) is 7.43. The Morgan fingerprint density at radius 2 is 1.91 bits per heavy atom. The molecule has 0 atom stereocenters. The number of aryl methyl sites for hydroxylation is 1. The van der Waals surface area contributed by atoms with Crippen LogP contribution in [-0.2, 0) is 17.9 Å². The van der Waals surface area contributed by atoms with E-state index in [1.807, 2.05) is 31.2 Å². The zero-order chi connectivity index (χ0) is 23.5. The number of rotatable bonds is 6. The zero-order valence-corrected chi connectivity index (χ0v) is 20.6. The molecule has 0 N–H and O–H groups in total. The molecule has 0 radical (unpaired) electrons. The maximum atomic E-state index is 14.1. The first-order valence-electron chi connectivity index (χ1n) is 9.98. The largest absolute Gasteiger partial charge is 0.488 e. The Kier molecular flexibility index (Phi) is 7.22. The number of nitrogens with zero attached hydrogens (tertiary/aromatic N) is 1. The van der Waals surface area contributed by atoms with Crippen LogP contribution in [-0.4, -0.2) is 16.0 Å². The van der Waals surface area contributed by atoms with E-state index in [1.165, 1.54) is 17.0 Å². The summed E-state index contributed by atoms with van der Waals surface area (Å²) in [4.78, 5) is 27.0. The van der Waals surface area contributed by atoms with Crippen molar-refractivity contribution in [3.63, 3.8) is 0 Å². The fourth-order valence-corrected chi connectivity index (χ4v) is 4.78. The number of imide groups is 1. The lowest BCUT2D eigenvalue weighted by Gasteiger charge is -2.13. The van der Waals surface area contributed by atoms with Gasteiger partial charge in [0.05, 0.1) is 16.5 Å². The van der Waals surface area contributed by atoms with Crippen molar-refractivity contribution in [1.82, 2.24) is 4.90 Å². The molecule has 4 nitrogen and oxygen atoms in total. The topological polar surface area (TPSA) is 46.6 Å². The van der Waals surface area contributed by atoms with Crippen LogP contribution in [0.1, 0.15) is 22.3 Å². The van der Waals surface area contributed by atoms with Crippen molar-refractivity contribution in [3.8, 4) is 5.75 Å². The molecule has 1 heterocycles. The van der Waals surface area contributed by atoms with E-state index >= 15 is 0 Å². The zero-order valence-electron chi connectivity index (χ0n) is 17.5. The first-order chi connectivity index (χ1) is 15.8. The van der Waals surface area contributed by atoms with E-state index in [1.54, 1.807) is 30.3 Å². The summed E-state index contributed by atoms with van der Waals surface area (Å²) >= 11 is 10.4. The summed E-state index contributed by atoms with van der Waals surface area (Å²) < 4.78 is 20.7. The molecule has 0 aromatic heterocycles. The van der Waals surface area contributed by atoms with Gasteiger partial charge in [0.25, 0.3) is 11.1 Å². The van der Waals surface area contributed by atoms with Crippen molar-refractivity contribution in [1.29, 1.82) is 0 Å². The molecule has 0 bridgehead atoms. The summed E-state index contributed by atoms with van der Waals surface area (Å²) in [5, 5.41) is -0.0608. The minimum absolute atomic E-state index is 0.0805. The Balaban J connectivity index is 1.57. The molecular formula is C25H18BrClFNO3S. The van der Waals surface area contributed by atoms with Crippen molar-refractivity contribution in [3.05, 3.63) is 103 Å². The second kappa shape index (κ2) is 10.1. The number of amides is 2. The Hall–Kier alpha value is -2.61. The molecule has 1 aliphatic heterocycles. The molecule has 4 rings (SSSR count). The molecule has 3 aromatic rings. The third-order valence-electron chi connectivity index (χ3n) is 4.99. The van der Waals surface area contributed by atoms with Gasteiger partial charge < -0.3 is 4.74 Å². The van der Waals surface area contributed by atoms with Gasteiger partial charge in [-0.25, -0.2) is 4.39 Å². The average molecular weight is 547 g/mol. The minimum atomic E-state index is -0.460. The quantitative estimate of drug-likeness (QED) is 0.303. The minimum Gasteiger partial charge on any atom is -0.488 e. The molecule has 8 heteroatoms. The van der Waals surface area contributed by atoms with Gasteiger partial charge in [-0.3, -0.25) is 14.5 Å². The van der Waals surface area contributed by atoms with Crippen molar-refractivity contribution < 1.29 is 18.7 Å². The van der Waals surface area contributed by atoms with Crippen molar-refractivity contribution in [2.45, 2.75) is 20.1 Å². The third-order valence-corrected chi connectivity index (χ3v) is 6.74. The number of hydrogen-bond acceptors (Lipinski definition) is 4. The van der Waals surface area contributed by atoms with Gasteiger partial charge in [-0.05, 0) is 60.7 Å². The van der Waals surface area contributed by atoms with E-state index in [0.717, 1.165) is 27.4 Å². The smallest absolute Gasteiger partial charge is 0.293 e. The summed E-state index contributed by atoms with van der Waals surface area (Å²) in [6, 6.07) is 17.4. The number of benzene rings is 3. The van der Waals surface area contributed by atoms with Crippen LogP contribution in [0.4, 0.5) is 9.18 Å². The molecule has 3 aromatic carbocycles. The predicted octanol–water partition coefficient (Wildman–Crippen LogP) is 7.37. The van der Waals surface area contributed by atoms with Crippen molar-refractivity contribution >= 4 is 56.5 Å². The standard InChI is InChI=1S/C25H18BrClFNO3S/c1-15-4-2-5-16(10-15)13-29-24(30)23(33-25(29)31)12-17-11-18(26)8-9-22(17)32-14-19-20(27)6-3-7-21(19)28/h2-12H,13-14H2,1H3/b23-12-. The third kappa shape index (κ3) is 5.49. The van der Waals surface area contributed by atoms with Gasteiger partial charge in [-0.15, -0.1) is 0 Å². The molecule has 2 amide bonds. The molecular weight excluding hydrogens is 529 g/mol. The van der Waals surface area contributed by atoms with Crippen LogP contribution in [0, 0.1) is 12.7 Å². The maximum Gasteiger partial charge on any atom is 0.293 e. The lowest BCUT2D eigenvalue weighted by Crippen LogP contribution is -2.27. The lowest BCUT2D eigenvalue weighted by atomic mass is 10.1. The van der Waals surface area contributed by atoms with E-state index in [0.29, 0.717) is 16.2 Å². The first-order valence-corrected chi connectivity index (χ1v) is 12.0. The van der Waals surface area contributed by atoms with E-state index in [9.17, 15) is 14.0 Å². The molecule has 0 spiro atoms. The fraction of sp³-hybridized carbons (Fsp3) is 0.120. The summed E-state index contributed by atoms with van der Waals surface area (Å²) in [7, 11) is 0. The average Bonchev–Trinajstić information content (AvgIpc) is 3.02. The van der Waals surface area contributed by atoms with Crippen LogP contribution in [0.15, 0.2) is 70.0 Å². The van der Waals surface area contributed by atoms with Gasteiger partial charge >= 0.3 is 0 Å². The molecule has 168 valence electrons. The maximum absolute atomic E-state index is 14.1. The monoisotopic (exact) mass is 545 g/mol. The van der Waals surface area contributed by atoms with E-state index < -0.39 is 5.82 Å². The summed E-state index contributed by atoms with van der Waals surface area (Å²) in [5.74, 6) is -0.393. The van der Waals surface area contributed by atoms with Gasteiger partial charge in [0.1, 0.15) is 18.2 Å². The highest BCUT2D eigenvalue weighted by Gasteiger charge is 2.35. The highest BCUT2D eigenvalue weighted by Crippen LogP contribution is 2.36. The fourth-order valence-electron chi connectivity index (χ4n) is 3.35. The van der Waals surface area contributed by atoms with E-state index in [4.69, 9.17) is 16.3 Å². The molecule has 33 heavy (non-hydrogen) atoms. The van der Waals surface area contributed by atoms with E-state index in [2.05, 4.69) is 15.9 Å². The van der Waals surface area contributed by atoms with Crippen LogP contribution >= 0.6 is 39.3 Å². The Bertz CT molecular complexity index is 1260. The number of thioether (sulfide) groups is 1.